The number of rotatable bonds is 1. The van der Waals surface area contributed by atoms with E-state index in [9.17, 15) is 23.1 Å². The van der Waals surface area contributed by atoms with E-state index >= 15 is 0 Å². The summed E-state index contributed by atoms with van der Waals surface area (Å²) < 4.78 is 44.2. The Balaban J connectivity index is 2.63. The Morgan fingerprint density at radius 1 is 1.22 bits per heavy atom. The molecule has 18 heavy (non-hydrogen) atoms. The molecule has 0 fully saturated rings. The van der Waals surface area contributed by atoms with Crippen molar-refractivity contribution in [1.29, 1.82) is 0 Å². The first-order chi connectivity index (χ1) is 8.38. The fourth-order valence-electron chi connectivity index (χ4n) is 1.82. The van der Waals surface area contributed by atoms with Crippen LogP contribution >= 0.6 is 0 Å². The molecule has 0 aliphatic carbocycles. The number of alkyl halides is 3. The number of aliphatic hydroxyl groups excluding tert-OH is 1. The second-order valence-electron chi connectivity index (χ2n) is 3.78. The third-order valence-electron chi connectivity index (χ3n) is 2.64. The van der Waals surface area contributed by atoms with E-state index < -0.39 is 23.9 Å². The van der Waals surface area contributed by atoms with E-state index in [0.717, 1.165) is 18.2 Å². The lowest BCUT2D eigenvalue weighted by Gasteiger charge is -2.36. The zero-order valence-electron chi connectivity index (χ0n) is 9.02. The van der Waals surface area contributed by atoms with Gasteiger partial charge in [0.25, 0.3) is 5.60 Å². The normalized spacial score (nSPS) is 28.4. The molecule has 0 amide bonds. The molecule has 1 heterocycles. The summed E-state index contributed by atoms with van der Waals surface area (Å²) in [6.07, 6.45) is -5.18. The Morgan fingerprint density at radius 3 is 2.39 bits per heavy atom. The van der Waals surface area contributed by atoms with E-state index in [-0.39, 0.29) is 5.56 Å². The van der Waals surface area contributed by atoms with Gasteiger partial charge in [0.15, 0.2) is 6.29 Å². The van der Waals surface area contributed by atoms with Gasteiger partial charge in [0, 0.05) is 5.56 Å². The molecule has 1 aromatic rings. The summed E-state index contributed by atoms with van der Waals surface area (Å²) in [7, 11) is 0. The van der Waals surface area contributed by atoms with Gasteiger partial charge in [-0.15, -0.1) is 0 Å². The summed E-state index contributed by atoms with van der Waals surface area (Å²) in [4.78, 5) is 11.7. The molecular weight excluding hydrogens is 249 g/mol. The van der Waals surface area contributed by atoms with Gasteiger partial charge >= 0.3 is 6.18 Å². The lowest BCUT2D eigenvalue weighted by Crippen LogP contribution is -2.54. The number of benzene rings is 1. The van der Waals surface area contributed by atoms with Crippen LogP contribution < -0.4 is 0 Å². The van der Waals surface area contributed by atoms with E-state index in [0.29, 0.717) is 6.08 Å². The van der Waals surface area contributed by atoms with Crippen LogP contribution in [0.15, 0.2) is 42.5 Å². The van der Waals surface area contributed by atoms with Crippen molar-refractivity contribution in [2.24, 2.45) is 0 Å². The maximum absolute atomic E-state index is 13.2. The summed E-state index contributed by atoms with van der Waals surface area (Å²) in [5, 5.41) is 9.23. The van der Waals surface area contributed by atoms with Crippen molar-refractivity contribution in [2.45, 2.75) is 18.1 Å². The van der Waals surface area contributed by atoms with Crippen LogP contribution in [-0.2, 0) is 15.1 Å². The number of carbonyl (C=O) groups excluding carboxylic acids is 1. The predicted octanol–water partition coefficient (Wildman–Crippen LogP) is 1.92. The number of hydrogen-bond acceptors (Lipinski definition) is 3. The molecule has 96 valence electrons. The van der Waals surface area contributed by atoms with Crippen LogP contribution in [0.2, 0.25) is 0 Å². The molecule has 0 saturated carbocycles. The molecule has 0 aromatic heterocycles. The average Bonchev–Trinajstić information content (AvgIpc) is 2.32. The molecular formula is C12H9F3O3. The highest BCUT2D eigenvalue weighted by Gasteiger charge is 2.63. The molecule has 0 bridgehead atoms. The largest absolute Gasteiger partial charge is 0.429 e. The van der Waals surface area contributed by atoms with Gasteiger partial charge in [0.2, 0.25) is 5.78 Å². The second-order valence-corrected chi connectivity index (χ2v) is 3.78. The summed E-state index contributed by atoms with van der Waals surface area (Å²) in [6.45, 7) is 0. The monoisotopic (exact) mass is 258 g/mol. The summed E-state index contributed by atoms with van der Waals surface area (Å²) in [5.41, 5.74) is -3.49. The molecule has 3 nitrogen and oxygen atoms in total. The average molecular weight is 258 g/mol. The van der Waals surface area contributed by atoms with Crippen LogP contribution in [0.5, 0.6) is 0 Å². The summed E-state index contributed by atoms with van der Waals surface area (Å²) >= 11 is 0. The van der Waals surface area contributed by atoms with E-state index in [2.05, 4.69) is 4.74 Å². The van der Waals surface area contributed by atoms with Gasteiger partial charge in [-0.25, -0.2) is 0 Å². The first-order valence-electron chi connectivity index (χ1n) is 5.09. The van der Waals surface area contributed by atoms with E-state index in [4.69, 9.17) is 0 Å². The maximum Gasteiger partial charge on any atom is 0.429 e. The third kappa shape index (κ3) is 1.83. The molecule has 1 N–H and O–H groups in total. The lowest BCUT2D eigenvalue weighted by atomic mass is 9.86. The minimum absolute atomic E-state index is 0.356. The SMILES string of the molecule is O=C1C=CC(O)OC1(c1ccccc1)C(F)(F)F. The highest BCUT2D eigenvalue weighted by Crippen LogP contribution is 2.45. The number of hydrogen-bond donors (Lipinski definition) is 1. The van der Waals surface area contributed by atoms with Gasteiger partial charge in [-0.2, -0.15) is 13.2 Å². The molecule has 1 aromatic carbocycles. The predicted molar refractivity (Wildman–Crippen MR) is 55.4 cm³/mol. The fourth-order valence-corrected chi connectivity index (χ4v) is 1.82. The molecule has 0 spiro atoms. The van der Waals surface area contributed by atoms with Gasteiger partial charge in [0.1, 0.15) is 0 Å². The number of ketones is 1. The van der Waals surface area contributed by atoms with Gasteiger partial charge in [-0.1, -0.05) is 30.3 Å². The Morgan fingerprint density at radius 2 is 1.83 bits per heavy atom. The Labute approximate surface area is 100 Å². The van der Waals surface area contributed by atoms with Gasteiger partial charge in [-0.05, 0) is 12.2 Å². The zero-order valence-corrected chi connectivity index (χ0v) is 9.02. The van der Waals surface area contributed by atoms with Gasteiger partial charge in [-0.3, -0.25) is 4.79 Å². The van der Waals surface area contributed by atoms with Crippen LogP contribution in [0, 0.1) is 0 Å². The molecule has 2 atom stereocenters. The maximum atomic E-state index is 13.2. The first kappa shape index (κ1) is 12.8. The molecule has 2 unspecified atom stereocenters. The number of ether oxygens (including phenoxy) is 1. The van der Waals surface area contributed by atoms with Crippen LogP contribution in [0.3, 0.4) is 0 Å². The molecule has 1 aliphatic heterocycles. The van der Waals surface area contributed by atoms with Gasteiger partial charge in [0.05, 0.1) is 0 Å². The second kappa shape index (κ2) is 4.22. The molecule has 6 heteroatoms. The first-order valence-corrected chi connectivity index (χ1v) is 5.09. The van der Waals surface area contributed by atoms with Crippen molar-refractivity contribution in [1.82, 2.24) is 0 Å². The summed E-state index contributed by atoms with van der Waals surface area (Å²) in [5.74, 6) is -1.26. The fraction of sp³-hybridized carbons (Fsp3) is 0.250. The Hall–Kier alpha value is -1.66. The lowest BCUT2D eigenvalue weighted by molar-refractivity contribution is -0.302. The molecule has 2 rings (SSSR count). The smallest absolute Gasteiger partial charge is 0.365 e. The van der Waals surface area contributed by atoms with Crippen LogP contribution in [0.25, 0.3) is 0 Å². The summed E-state index contributed by atoms with van der Waals surface area (Å²) in [6, 6.07) is 6.52. The topological polar surface area (TPSA) is 46.5 Å². The Kier molecular flexibility index (Phi) is 3.00. The Bertz CT molecular complexity index is 481. The molecule has 1 aliphatic rings. The van der Waals surface area contributed by atoms with Crippen molar-refractivity contribution in [3.05, 3.63) is 48.0 Å². The van der Waals surface area contributed by atoms with Gasteiger partial charge < -0.3 is 9.84 Å². The van der Waals surface area contributed by atoms with Crippen molar-refractivity contribution < 1.29 is 27.8 Å². The third-order valence-corrected chi connectivity index (χ3v) is 2.64. The van der Waals surface area contributed by atoms with Crippen LogP contribution in [0.4, 0.5) is 13.2 Å². The molecule has 0 saturated heterocycles. The quantitative estimate of drug-likeness (QED) is 0.837. The van der Waals surface area contributed by atoms with Crippen molar-refractivity contribution in [2.75, 3.05) is 0 Å². The van der Waals surface area contributed by atoms with E-state index in [1.807, 2.05) is 0 Å². The molecule has 0 radical (unpaired) electrons. The number of carbonyl (C=O) groups is 1. The van der Waals surface area contributed by atoms with Crippen molar-refractivity contribution in [3.8, 4) is 0 Å². The number of aliphatic hydroxyl groups is 1. The van der Waals surface area contributed by atoms with Crippen LogP contribution in [-0.4, -0.2) is 23.4 Å². The highest BCUT2D eigenvalue weighted by atomic mass is 19.4. The minimum atomic E-state index is -4.96. The minimum Gasteiger partial charge on any atom is -0.365 e. The van der Waals surface area contributed by atoms with E-state index in [1.165, 1.54) is 18.2 Å². The van der Waals surface area contributed by atoms with E-state index in [1.54, 1.807) is 0 Å². The zero-order chi connectivity index (χ0) is 13.4. The van der Waals surface area contributed by atoms with Crippen molar-refractivity contribution >= 4 is 5.78 Å². The van der Waals surface area contributed by atoms with Crippen LogP contribution in [0.1, 0.15) is 5.56 Å². The number of halogens is 3. The highest BCUT2D eigenvalue weighted by molar-refractivity contribution is 5.99. The standard InChI is InChI=1S/C12H9F3O3/c13-12(14,15)11(8-4-2-1-3-5-8)9(16)6-7-10(17)18-11/h1-7,10,17H. The van der Waals surface area contributed by atoms with Crippen molar-refractivity contribution in [3.63, 3.8) is 0 Å².